The Kier molecular flexibility index (Phi) is 5.32. The largest absolute Gasteiger partial charge is 0.436 e. The van der Waals surface area contributed by atoms with Crippen molar-refractivity contribution in [3.05, 3.63) is 94.1 Å². The van der Waals surface area contributed by atoms with Gasteiger partial charge in [-0.25, -0.2) is 4.98 Å². The van der Waals surface area contributed by atoms with E-state index < -0.39 is 0 Å². The van der Waals surface area contributed by atoms with Crippen molar-refractivity contribution in [1.29, 1.82) is 0 Å². The predicted molar refractivity (Wildman–Crippen MR) is 119 cm³/mol. The summed E-state index contributed by atoms with van der Waals surface area (Å²) in [5.41, 5.74) is 5.04. The minimum atomic E-state index is -0.198. The molecule has 29 heavy (non-hydrogen) atoms. The molecule has 0 aliphatic heterocycles. The molecule has 4 rings (SSSR count). The summed E-state index contributed by atoms with van der Waals surface area (Å²) in [6.07, 6.45) is 1.68. The molecule has 1 amide bonds. The first-order valence-electron chi connectivity index (χ1n) is 9.21. The fraction of sp³-hybridized carbons (Fsp3) is 0.0833. The number of oxazole rings is 1. The summed E-state index contributed by atoms with van der Waals surface area (Å²) in [6, 6.07) is 21.1. The first kappa shape index (κ1) is 19.2. The van der Waals surface area contributed by atoms with E-state index in [2.05, 4.69) is 26.2 Å². The van der Waals surface area contributed by atoms with E-state index in [-0.39, 0.29) is 5.91 Å². The molecule has 1 heterocycles. The molecule has 0 aliphatic carbocycles. The summed E-state index contributed by atoms with van der Waals surface area (Å²) in [5.74, 6) is 0.863. The Labute approximate surface area is 177 Å². The second-order valence-electron chi connectivity index (χ2n) is 6.85. The average molecular weight is 447 g/mol. The van der Waals surface area contributed by atoms with Crippen molar-refractivity contribution in [2.24, 2.45) is 0 Å². The number of anilines is 1. The lowest BCUT2D eigenvalue weighted by molar-refractivity contribution is 0.102. The van der Waals surface area contributed by atoms with Gasteiger partial charge in [0.15, 0.2) is 5.76 Å². The number of carbonyl (C=O) groups excluding carboxylic acids is 1. The maximum absolute atomic E-state index is 13.0. The number of hydrogen-bond donors (Lipinski definition) is 1. The molecule has 0 saturated heterocycles. The smallest absolute Gasteiger partial charge is 0.256 e. The third kappa shape index (κ3) is 4.15. The zero-order valence-electron chi connectivity index (χ0n) is 16.1. The van der Waals surface area contributed by atoms with Crippen LogP contribution in [0, 0.1) is 13.8 Å². The summed E-state index contributed by atoms with van der Waals surface area (Å²) in [4.78, 5) is 17.4. The van der Waals surface area contributed by atoms with Gasteiger partial charge < -0.3 is 9.73 Å². The zero-order chi connectivity index (χ0) is 20.4. The molecule has 0 fully saturated rings. The van der Waals surface area contributed by atoms with Crippen LogP contribution in [0.25, 0.3) is 22.8 Å². The molecule has 0 unspecified atom stereocenters. The van der Waals surface area contributed by atoms with Gasteiger partial charge in [-0.3, -0.25) is 4.79 Å². The second kappa shape index (κ2) is 8.05. The van der Waals surface area contributed by atoms with E-state index in [1.807, 2.05) is 74.5 Å². The molecular formula is C24H19BrN2O2. The van der Waals surface area contributed by atoms with Gasteiger partial charge in [-0.1, -0.05) is 57.9 Å². The number of hydrogen-bond acceptors (Lipinski definition) is 3. The third-order valence-corrected chi connectivity index (χ3v) is 5.20. The van der Waals surface area contributed by atoms with Crippen LogP contribution in [0.4, 0.5) is 5.69 Å². The molecule has 144 valence electrons. The van der Waals surface area contributed by atoms with E-state index in [0.29, 0.717) is 22.8 Å². The van der Waals surface area contributed by atoms with Crippen molar-refractivity contribution < 1.29 is 9.21 Å². The van der Waals surface area contributed by atoms with Crippen LogP contribution in [0.1, 0.15) is 21.5 Å². The Morgan fingerprint density at radius 1 is 1.00 bits per heavy atom. The van der Waals surface area contributed by atoms with E-state index in [1.54, 1.807) is 12.3 Å². The number of amides is 1. The number of aryl methyl sites for hydroxylation is 2. The van der Waals surface area contributed by atoms with E-state index >= 15 is 0 Å². The van der Waals surface area contributed by atoms with Crippen LogP contribution < -0.4 is 5.32 Å². The summed E-state index contributed by atoms with van der Waals surface area (Å²) >= 11 is 3.43. The number of halogens is 1. The Morgan fingerprint density at radius 2 is 1.76 bits per heavy atom. The third-order valence-electron chi connectivity index (χ3n) is 4.67. The Balaban J connectivity index is 1.65. The molecular weight excluding hydrogens is 428 g/mol. The number of nitrogens with zero attached hydrogens (tertiary/aromatic N) is 1. The topological polar surface area (TPSA) is 55.1 Å². The molecule has 4 aromatic rings. The van der Waals surface area contributed by atoms with Gasteiger partial charge in [0.1, 0.15) is 0 Å². The molecule has 0 bridgehead atoms. The van der Waals surface area contributed by atoms with Gasteiger partial charge in [0.2, 0.25) is 5.89 Å². The van der Waals surface area contributed by atoms with Gasteiger partial charge in [-0.05, 0) is 49.7 Å². The molecule has 4 nitrogen and oxygen atoms in total. The van der Waals surface area contributed by atoms with Gasteiger partial charge in [0.25, 0.3) is 5.91 Å². The van der Waals surface area contributed by atoms with Crippen LogP contribution in [0.15, 0.2) is 81.8 Å². The van der Waals surface area contributed by atoms with E-state index in [9.17, 15) is 4.79 Å². The highest BCUT2D eigenvalue weighted by Crippen LogP contribution is 2.29. The molecule has 0 atom stereocenters. The zero-order valence-corrected chi connectivity index (χ0v) is 17.7. The Bertz CT molecular complexity index is 1180. The molecule has 5 heteroatoms. The summed E-state index contributed by atoms with van der Waals surface area (Å²) in [6.45, 7) is 4.01. The first-order chi connectivity index (χ1) is 14.0. The minimum Gasteiger partial charge on any atom is -0.436 e. The summed E-state index contributed by atoms with van der Waals surface area (Å²) in [5, 5.41) is 2.99. The van der Waals surface area contributed by atoms with Crippen LogP contribution in [0.2, 0.25) is 0 Å². The van der Waals surface area contributed by atoms with Crippen LogP contribution in [-0.4, -0.2) is 10.9 Å². The molecule has 1 aromatic heterocycles. The predicted octanol–water partition coefficient (Wildman–Crippen LogP) is 6.64. The Morgan fingerprint density at radius 3 is 2.52 bits per heavy atom. The number of rotatable bonds is 4. The molecule has 0 radical (unpaired) electrons. The van der Waals surface area contributed by atoms with Crippen LogP contribution in [-0.2, 0) is 0 Å². The molecule has 0 spiro atoms. The summed E-state index contributed by atoms with van der Waals surface area (Å²) in [7, 11) is 0. The fourth-order valence-corrected chi connectivity index (χ4v) is 3.42. The SMILES string of the molecule is Cc1ccc(NC(=O)c2ccccc2-c2ncc(-c3ccc(Br)cc3)o2)c(C)c1. The van der Waals surface area contributed by atoms with Crippen molar-refractivity contribution in [2.45, 2.75) is 13.8 Å². The lowest BCUT2D eigenvalue weighted by Crippen LogP contribution is -2.14. The van der Waals surface area contributed by atoms with E-state index in [1.165, 1.54) is 0 Å². The molecule has 3 aromatic carbocycles. The number of benzene rings is 3. The van der Waals surface area contributed by atoms with Gasteiger partial charge in [-0.15, -0.1) is 0 Å². The van der Waals surface area contributed by atoms with Gasteiger partial charge in [0.05, 0.1) is 11.8 Å². The van der Waals surface area contributed by atoms with Crippen molar-refractivity contribution in [1.82, 2.24) is 4.98 Å². The number of aromatic nitrogens is 1. The normalized spacial score (nSPS) is 10.7. The quantitative estimate of drug-likeness (QED) is 0.382. The van der Waals surface area contributed by atoms with Crippen molar-refractivity contribution in [3.63, 3.8) is 0 Å². The average Bonchev–Trinajstić information content (AvgIpc) is 3.20. The second-order valence-corrected chi connectivity index (χ2v) is 7.77. The van der Waals surface area contributed by atoms with Crippen molar-refractivity contribution >= 4 is 27.5 Å². The van der Waals surface area contributed by atoms with Gasteiger partial charge in [-0.2, -0.15) is 0 Å². The number of nitrogens with one attached hydrogen (secondary N) is 1. The first-order valence-corrected chi connectivity index (χ1v) is 10.0. The maximum atomic E-state index is 13.0. The van der Waals surface area contributed by atoms with E-state index in [0.717, 1.165) is 26.9 Å². The highest BCUT2D eigenvalue weighted by atomic mass is 79.9. The molecule has 1 N–H and O–H groups in total. The van der Waals surface area contributed by atoms with Crippen molar-refractivity contribution in [3.8, 4) is 22.8 Å². The Hall–Kier alpha value is -3.18. The van der Waals surface area contributed by atoms with Gasteiger partial charge in [0, 0.05) is 21.3 Å². The fourth-order valence-electron chi connectivity index (χ4n) is 3.16. The molecule has 0 aliphatic rings. The van der Waals surface area contributed by atoms with Crippen LogP contribution in [0.5, 0.6) is 0 Å². The minimum absolute atomic E-state index is 0.198. The lowest BCUT2D eigenvalue weighted by atomic mass is 10.1. The molecule has 0 saturated carbocycles. The van der Waals surface area contributed by atoms with Crippen LogP contribution in [0.3, 0.4) is 0 Å². The van der Waals surface area contributed by atoms with Gasteiger partial charge >= 0.3 is 0 Å². The highest BCUT2D eigenvalue weighted by Gasteiger charge is 2.17. The van der Waals surface area contributed by atoms with Crippen LogP contribution >= 0.6 is 15.9 Å². The number of carbonyl (C=O) groups is 1. The maximum Gasteiger partial charge on any atom is 0.256 e. The van der Waals surface area contributed by atoms with E-state index in [4.69, 9.17) is 4.42 Å². The lowest BCUT2D eigenvalue weighted by Gasteiger charge is -2.11. The highest BCUT2D eigenvalue weighted by molar-refractivity contribution is 9.10. The monoisotopic (exact) mass is 446 g/mol. The standard InChI is InChI=1S/C24H19BrN2O2/c1-15-7-12-21(16(2)13-15)27-23(28)19-5-3-4-6-20(19)24-26-14-22(29-24)17-8-10-18(25)11-9-17/h3-14H,1-2H3,(H,27,28). The summed E-state index contributed by atoms with van der Waals surface area (Å²) < 4.78 is 6.96. The van der Waals surface area contributed by atoms with Crippen molar-refractivity contribution in [2.75, 3.05) is 5.32 Å².